The molecule has 4 aromatic rings. The minimum Gasteiger partial charge on any atom is -0.493 e. The van der Waals surface area contributed by atoms with Crippen molar-refractivity contribution in [3.63, 3.8) is 0 Å². The maximum absolute atomic E-state index is 12.7. The van der Waals surface area contributed by atoms with Gasteiger partial charge in [0.15, 0.2) is 17.2 Å². The van der Waals surface area contributed by atoms with E-state index in [1.807, 2.05) is 57.2 Å². The van der Waals surface area contributed by atoms with Crippen LogP contribution in [0.2, 0.25) is 0 Å². The number of carbonyl (C=O) groups excluding carboxylic acids is 1. The van der Waals surface area contributed by atoms with E-state index in [1.165, 1.54) is 5.56 Å². The molecule has 1 N–H and O–H groups in total. The van der Waals surface area contributed by atoms with Crippen molar-refractivity contribution in [2.75, 3.05) is 14.2 Å². The van der Waals surface area contributed by atoms with E-state index in [9.17, 15) is 4.79 Å². The predicted molar refractivity (Wildman–Crippen MR) is 126 cm³/mol. The van der Waals surface area contributed by atoms with Gasteiger partial charge in [0, 0.05) is 12.1 Å². The Labute approximate surface area is 197 Å². The SMILES string of the molecule is COc1ccc(CNC(=O)c2nnn(Cc3nc(-c4ccc(C)cc4)oc3C)c2C)cc1OC. The molecule has 0 radical (unpaired) electrons. The zero-order chi connectivity index (χ0) is 24.2. The highest BCUT2D eigenvalue weighted by Gasteiger charge is 2.19. The summed E-state index contributed by atoms with van der Waals surface area (Å²) in [5.74, 6) is 2.17. The highest BCUT2D eigenvalue weighted by Crippen LogP contribution is 2.27. The van der Waals surface area contributed by atoms with Crippen molar-refractivity contribution >= 4 is 5.91 Å². The first-order valence-corrected chi connectivity index (χ1v) is 10.8. The lowest BCUT2D eigenvalue weighted by atomic mass is 10.1. The molecule has 9 heteroatoms. The lowest BCUT2D eigenvalue weighted by Gasteiger charge is -2.10. The molecule has 0 fully saturated rings. The largest absolute Gasteiger partial charge is 0.493 e. The molecule has 0 aliphatic heterocycles. The van der Waals surface area contributed by atoms with Gasteiger partial charge >= 0.3 is 0 Å². The summed E-state index contributed by atoms with van der Waals surface area (Å²) in [7, 11) is 3.15. The van der Waals surface area contributed by atoms with E-state index in [1.54, 1.807) is 25.0 Å². The highest BCUT2D eigenvalue weighted by atomic mass is 16.5. The minimum absolute atomic E-state index is 0.264. The van der Waals surface area contributed by atoms with Crippen molar-refractivity contribution in [2.24, 2.45) is 0 Å². The van der Waals surface area contributed by atoms with Crippen LogP contribution in [-0.4, -0.2) is 40.1 Å². The summed E-state index contributed by atoms with van der Waals surface area (Å²) in [5, 5.41) is 11.1. The maximum Gasteiger partial charge on any atom is 0.274 e. The summed E-state index contributed by atoms with van der Waals surface area (Å²) < 4.78 is 18.1. The fourth-order valence-electron chi connectivity index (χ4n) is 3.51. The molecule has 1 amide bonds. The number of benzene rings is 2. The van der Waals surface area contributed by atoms with Crippen LogP contribution >= 0.6 is 0 Å². The Morgan fingerprint density at radius 2 is 1.76 bits per heavy atom. The molecular weight excluding hydrogens is 434 g/mol. The second-order valence-electron chi connectivity index (χ2n) is 7.94. The molecule has 176 valence electrons. The van der Waals surface area contributed by atoms with Gasteiger partial charge in [0.05, 0.1) is 26.5 Å². The van der Waals surface area contributed by atoms with Crippen molar-refractivity contribution in [1.82, 2.24) is 25.3 Å². The molecule has 0 aliphatic carbocycles. The van der Waals surface area contributed by atoms with Crippen molar-refractivity contribution in [2.45, 2.75) is 33.9 Å². The number of hydrogen-bond acceptors (Lipinski definition) is 7. The molecule has 0 bridgehead atoms. The van der Waals surface area contributed by atoms with Gasteiger partial charge in [-0.2, -0.15) is 0 Å². The number of amides is 1. The van der Waals surface area contributed by atoms with Crippen LogP contribution in [0.1, 0.15) is 38.8 Å². The van der Waals surface area contributed by atoms with Gasteiger partial charge in [-0.05, 0) is 50.6 Å². The molecule has 34 heavy (non-hydrogen) atoms. The lowest BCUT2D eigenvalue weighted by Crippen LogP contribution is -2.24. The number of ether oxygens (including phenoxy) is 2. The normalized spacial score (nSPS) is 10.9. The van der Waals surface area contributed by atoms with E-state index in [2.05, 4.69) is 20.6 Å². The fraction of sp³-hybridized carbons (Fsp3) is 0.280. The van der Waals surface area contributed by atoms with Crippen LogP contribution in [0.5, 0.6) is 11.5 Å². The molecule has 4 rings (SSSR count). The van der Waals surface area contributed by atoms with Gasteiger partial charge in [0.25, 0.3) is 5.91 Å². The van der Waals surface area contributed by atoms with E-state index >= 15 is 0 Å². The topological polar surface area (TPSA) is 104 Å². The molecule has 0 aliphatic rings. The van der Waals surface area contributed by atoms with Gasteiger partial charge in [-0.15, -0.1) is 5.10 Å². The number of carbonyl (C=O) groups is 1. The maximum atomic E-state index is 12.7. The van der Waals surface area contributed by atoms with E-state index < -0.39 is 0 Å². The Morgan fingerprint density at radius 3 is 2.47 bits per heavy atom. The number of aromatic nitrogens is 4. The summed E-state index contributed by atoms with van der Waals surface area (Å²) in [5.41, 5.74) is 4.59. The highest BCUT2D eigenvalue weighted by molar-refractivity contribution is 5.93. The Morgan fingerprint density at radius 1 is 1.03 bits per heavy atom. The third kappa shape index (κ3) is 4.78. The number of nitrogens with one attached hydrogen (secondary N) is 1. The molecule has 0 spiro atoms. The Hall–Kier alpha value is -4.14. The van der Waals surface area contributed by atoms with Crippen LogP contribution in [0, 0.1) is 20.8 Å². The summed E-state index contributed by atoms with van der Waals surface area (Å²) in [6, 6.07) is 13.5. The molecule has 9 nitrogen and oxygen atoms in total. The number of hydrogen-bond donors (Lipinski definition) is 1. The Bertz CT molecular complexity index is 1310. The number of rotatable bonds is 8. The Balaban J connectivity index is 1.45. The van der Waals surface area contributed by atoms with Crippen molar-refractivity contribution in [1.29, 1.82) is 0 Å². The van der Waals surface area contributed by atoms with Crippen LogP contribution in [-0.2, 0) is 13.1 Å². The quantitative estimate of drug-likeness (QED) is 0.425. The minimum atomic E-state index is -0.309. The average molecular weight is 462 g/mol. The molecular formula is C25H27N5O4. The molecule has 0 unspecified atom stereocenters. The van der Waals surface area contributed by atoms with Gasteiger partial charge in [0.2, 0.25) is 5.89 Å². The van der Waals surface area contributed by atoms with Gasteiger partial charge in [-0.1, -0.05) is 29.0 Å². The molecule has 0 atom stereocenters. The van der Waals surface area contributed by atoms with Crippen LogP contribution in [0.25, 0.3) is 11.5 Å². The van der Waals surface area contributed by atoms with E-state index in [0.29, 0.717) is 41.9 Å². The predicted octanol–water partition coefficient (Wildman–Crippen LogP) is 3.85. The Kier molecular flexibility index (Phi) is 6.62. The number of aryl methyl sites for hydroxylation is 2. The first-order valence-electron chi connectivity index (χ1n) is 10.8. The smallest absolute Gasteiger partial charge is 0.274 e. The summed E-state index contributed by atoms with van der Waals surface area (Å²) >= 11 is 0. The van der Waals surface area contributed by atoms with Crippen molar-refractivity contribution < 1.29 is 18.7 Å². The second kappa shape index (κ2) is 9.78. The van der Waals surface area contributed by atoms with Gasteiger partial charge in [-0.25, -0.2) is 9.67 Å². The second-order valence-corrected chi connectivity index (χ2v) is 7.94. The molecule has 0 saturated carbocycles. The summed E-state index contributed by atoms with van der Waals surface area (Å²) in [6.45, 7) is 6.37. The molecule has 2 heterocycles. The van der Waals surface area contributed by atoms with Crippen molar-refractivity contribution in [3.05, 3.63) is 76.4 Å². The molecule has 2 aromatic carbocycles. The van der Waals surface area contributed by atoms with Gasteiger partial charge in [0.1, 0.15) is 11.5 Å². The third-order valence-corrected chi connectivity index (χ3v) is 5.59. The number of methoxy groups -OCH3 is 2. The molecule has 0 saturated heterocycles. The standard InChI is InChI=1S/C25H27N5O4/c1-15-6-9-19(10-7-15)25-27-20(17(3)34-25)14-30-16(2)23(28-29-30)24(31)26-13-18-8-11-21(32-4)22(12-18)33-5/h6-12H,13-14H2,1-5H3,(H,26,31). The summed E-state index contributed by atoms with van der Waals surface area (Å²) in [4.78, 5) is 17.4. The van der Waals surface area contributed by atoms with Gasteiger partial charge < -0.3 is 19.2 Å². The first-order chi connectivity index (χ1) is 16.4. The molecule has 2 aromatic heterocycles. The fourth-order valence-corrected chi connectivity index (χ4v) is 3.51. The van der Waals surface area contributed by atoms with Crippen molar-refractivity contribution in [3.8, 4) is 23.0 Å². The van der Waals surface area contributed by atoms with E-state index in [0.717, 1.165) is 16.8 Å². The van der Waals surface area contributed by atoms with Gasteiger partial charge in [-0.3, -0.25) is 4.79 Å². The van der Waals surface area contributed by atoms with Crippen LogP contribution in [0.15, 0.2) is 46.9 Å². The number of nitrogens with zero attached hydrogens (tertiary/aromatic N) is 4. The van der Waals surface area contributed by atoms with Crippen LogP contribution < -0.4 is 14.8 Å². The number of oxazole rings is 1. The van der Waals surface area contributed by atoms with Crippen LogP contribution in [0.4, 0.5) is 0 Å². The third-order valence-electron chi connectivity index (χ3n) is 5.59. The van der Waals surface area contributed by atoms with E-state index in [-0.39, 0.29) is 11.6 Å². The van der Waals surface area contributed by atoms with Crippen LogP contribution in [0.3, 0.4) is 0 Å². The summed E-state index contributed by atoms with van der Waals surface area (Å²) in [6.07, 6.45) is 0. The van der Waals surface area contributed by atoms with E-state index in [4.69, 9.17) is 13.9 Å². The lowest BCUT2D eigenvalue weighted by molar-refractivity contribution is 0.0945. The average Bonchev–Trinajstić information content (AvgIpc) is 3.40. The zero-order valence-corrected chi connectivity index (χ0v) is 19.9. The zero-order valence-electron chi connectivity index (χ0n) is 19.9. The monoisotopic (exact) mass is 461 g/mol. The first kappa shape index (κ1) is 23.0.